The molecular formula is C17H26FN3O. The average Bonchev–Trinajstić information content (AvgIpc) is 2.53. The van der Waals surface area contributed by atoms with E-state index in [1.807, 2.05) is 19.1 Å². The molecule has 0 spiro atoms. The lowest BCUT2D eigenvalue weighted by molar-refractivity contribution is -0.126. The molecule has 2 rings (SSSR count). The van der Waals surface area contributed by atoms with E-state index in [0.29, 0.717) is 5.92 Å². The summed E-state index contributed by atoms with van der Waals surface area (Å²) in [5.41, 5.74) is 1.04. The fourth-order valence-corrected chi connectivity index (χ4v) is 2.64. The van der Waals surface area contributed by atoms with Gasteiger partial charge in [-0.1, -0.05) is 13.8 Å². The summed E-state index contributed by atoms with van der Waals surface area (Å²) in [5, 5.41) is 2.99. The smallest absolute Gasteiger partial charge is 0.237 e. The number of amides is 1. The maximum atomic E-state index is 13.0. The van der Waals surface area contributed by atoms with Gasteiger partial charge in [-0.3, -0.25) is 9.69 Å². The van der Waals surface area contributed by atoms with Gasteiger partial charge in [-0.2, -0.15) is 0 Å². The SMILES string of the molecule is CC(C)CNC(=O)C(C)N1CCN(c2ccc(F)cc2)CC1. The number of carbonyl (C=O) groups excluding carboxylic acids is 1. The van der Waals surface area contributed by atoms with Gasteiger partial charge < -0.3 is 10.2 Å². The molecule has 0 aliphatic carbocycles. The van der Waals surface area contributed by atoms with Gasteiger partial charge in [-0.05, 0) is 37.1 Å². The van der Waals surface area contributed by atoms with Gasteiger partial charge >= 0.3 is 0 Å². The number of piperazine rings is 1. The van der Waals surface area contributed by atoms with Crippen molar-refractivity contribution in [1.82, 2.24) is 10.2 Å². The summed E-state index contributed by atoms with van der Waals surface area (Å²) in [6, 6.07) is 6.50. The molecule has 22 heavy (non-hydrogen) atoms. The highest BCUT2D eigenvalue weighted by Crippen LogP contribution is 2.17. The van der Waals surface area contributed by atoms with E-state index in [1.165, 1.54) is 12.1 Å². The van der Waals surface area contributed by atoms with Crippen LogP contribution >= 0.6 is 0 Å². The van der Waals surface area contributed by atoms with Crippen molar-refractivity contribution in [3.8, 4) is 0 Å². The third-order valence-corrected chi connectivity index (χ3v) is 4.12. The quantitative estimate of drug-likeness (QED) is 0.905. The summed E-state index contributed by atoms with van der Waals surface area (Å²) in [6.07, 6.45) is 0. The first kappa shape index (κ1) is 16.7. The Hall–Kier alpha value is -1.62. The molecule has 1 unspecified atom stereocenters. The molecule has 0 bridgehead atoms. The minimum Gasteiger partial charge on any atom is -0.369 e. The third-order valence-electron chi connectivity index (χ3n) is 4.12. The summed E-state index contributed by atoms with van der Waals surface area (Å²) >= 11 is 0. The minimum absolute atomic E-state index is 0.101. The molecule has 122 valence electrons. The highest BCUT2D eigenvalue weighted by molar-refractivity contribution is 5.81. The maximum absolute atomic E-state index is 13.0. The Kier molecular flexibility index (Phi) is 5.77. The second-order valence-corrected chi connectivity index (χ2v) is 6.31. The molecule has 1 aliphatic rings. The minimum atomic E-state index is -0.210. The fourth-order valence-electron chi connectivity index (χ4n) is 2.64. The number of hydrogen-bond acceptors (Lipinski definition) is 3. The molecule has 0 aromatic heterocycles. The van der Waals surface area contributed by atoms with Crippen molar-refractivity contribution in [1.29, 1.82) is 0 Å². The van der Waals surface area contributed by atoms with Crippen LogP contribution in [0.5, 0.6) is 0 Å². The molecule has 1 fully saturated rings. The zero-order chi connectivity index (χ0) is 16.1. The Labute approximate surface area is 132 Å². The van der Waals surface area contributed by atoms with Gasteiger partial charge in [0.05, 0.1) is 6.04 Å². The molecule has 5 heteroatoms. The molecule has 1 aliphatic heterocycles. The number of anilines is 1. The summed E-state index contributed by atoms with van der Waals surface area (Å²) in [4.78, 5) is 16.6. The van der Waals surface area contributed by atoms with Crippen molar-refractivity contribution in [3.05, 3.63) is 30.1 Å². The van der Waals surface area contributed by atoms with E-state index in [0.717, 1.165) is 38.4 Å². The van der Waals surface area contributed by atoms with Crippen molar-refractivity contribution in [2.24, 2.45) is 5.92 Å². The van der Waals surface area contributed by atoms with Crippen molar-refractivity contribution < 1.29 is 9.18 Å². The summed E-state index contributed by atoms with van der Waals surface area (Å²) < 4.78 is 13.0. The zero-order valence-electron chi connectivity index (χ0n) is 13.7. The number of rotatable bonds is 5. The fraction of sp³-hybridized carbons (Fsp3) is 0.588. The third kappa shape index (κ3) is 4.44. The van der Waals surface area contributed by atoms with Crippen LogP contribution in [0.4, 0.5) is 10.1 Å². The predicted molar refractivity (Wildman–Crippen MR) is 87.5 cm³/mol. The van der Waals surface area contributed by atoms with Crippen molar-refractivity contribution >= 4 is 11.6 Å². The van der Waals surface area contributed by atoms with Crippen molar-refractivity contribution in [3.63, 3.8) is 0 Å². The second-order valence-electron chi connectivity index (χ2n) is 6.31. The number of nitrogens with zero attached hydrogens (tertiary/aromatic N) is 2. The largest absolute Gasteiger partial charge is 0.369 e. The van der Waals surface area contributed by atoms with E-state index in [-0.39, 0.29) is 17.8 Å². The molecule has 1 aromatic rings. The van der Waals surface area contributed by atoms with Crippen LogP contribution in [0.25, 0.3) is 0 Å². The van der Waals surface area contributed by atoms with Crippen molar-refractivity contribution in [2.75, 3.05) is 37.6 Å². The Morgan fingerprint density at radius 1 is 1.14 bits per heavy atom. The van der Waals surface area contributed by atoms with E-state index in [9.17, 15) is 9.18 Å². The molecule has 1 aromatic carbocycles. The Bertz CT molecular complexity index is 481. The van der Waals surface area contributed by atoms with Gasteiger partial charge in [0.25, 0.3) is 0 Å². The molecule has 0 radical (unpaired) electrons. The molecule has 4 nitrogen and oxygen atoms in total. The summed E-state index contributed by atoms with van der Waals surface area (Å²) in [7, 11) is 0. The van der Waals surface area contributed by atoms with Gasteiger partial charge in [0, 0.05) is 38.4 Å². The van der Waals surface area contributed by atoms with E-state index >= 15 is 0 Å². The lowest BCUT2D eigenvalue weighted by Crippen LogP contribution is -2.54. The number of carbonyl (C=O) groups is 1. The standard InChI is InChI=1S/C17H26FN3O/c1-13(2)12-19-17(22)14(3)20-8-10-21(11-9-20)16-6-4-15(18)5-7-16/h4-7,13-14H,8-12H2,1-3H3,(H,19,22). The van der Waals surface area contributed by atoms with Gasteiger partial charge in [0.15, 0.2) is 0 Å². The lowest BCUT2D eigenvalue weighted by atomic mass is 10.1. The van der Waals surface area contributed by atoms with Gasteiger partial charge in [0.2, 0.25) is 5.91 Å². The van der Waals surface area contributed by atoms with Crippen LogP contribution in [-0.4, -0.2) is 49.6 Å². The summed E-state index contributed by atoms with van der Waals surface area (Å²) in [5.74, 6) is 0.355. The molecule has 1 amide bonds. The number of hydrogen-bond donors (Lipinski definition) is 1. The molecular weight excluding hydrogens is 281 g/mol. The molecule has 0 saturated carbocycles. The first-order chi connectivity index (χ1) is 10.5. The van der Waals surface area contributed by atoms with E-state index < -0.39 is 0 Å². The molecule has 1 saturated heterocycles. The number of benzene rings is 1. The molecule has 1 N–H and O–H groups in total. The van der Waals surface area contributed by atoms with Gasteiger partial charge in [0.1, 0.15) is 5.82 Å². The van der Waals surface area contributed by atoms with Crippen LogP contribution in [0, 0.1) is 11.7 Å². The number of nitrogens with one attached hydrogen (secondary N) is 1. The van der Waals surface area contributed by atoms with Crippen LogP contribution in [0.2, 0.25) is 0 Å². The normalized spacial score (nSPS) is 17.6. The van der Waals surface area contributed by atoms with Crippen LogP contribution in [0.15, 0.2) is 24.3 Å². The van der Waals surface area contributed by atoms with E-state index in [2.05, 4.69) is 29.0 Å². The first-order valence-electron chi connectivity index (χ1n) is 7.99. The van der Waals surface area contributed by atoms with Crippen LogP contribution in [-0.2, 0) is 4.79 Å². The maximum Gasteiger partial charge on any atom is 0.237 e. The molecule has 1 atom stereocenters. The highest BCUT2D eigenvalue weighted by atomic mass is 19.1. The summed E-state index contributed by atoms with van der Waals surface area (Å²) in [6.45, 7) is 10.3. The first-order valence-corrected chi connectivity index (χ1v) is 7.99. The average molecular weight is 307 g/mol. The molecule has 1 heterocycles. The van der Waals surface area contributed by atoms with Gasteiger partial charge in [-0.25, -0.2) is 4.39 Å². The van der Waals surface area contributed by atoms with E-state index in [4.69, 9.17) is 0 Å². The highest BCUT2D eigenvalue weighted by Gasteiger charge is 2.25. The monoisotopic (exact) mass is 307 g/mol. The van der Waals surface area contributed by atoms with Crippen molar-refractivity contribution in [2.45, 2.75) is 26.8 Å². The lowest BCUT2D eigenvalue weighted by Gasteiger charge is -2.38. The Morgan fingerprint density at radius 3 is 2.27 bits per heavy atom. The van der Waals surface area contributed by atoms with Crippen LogP contribution in [0.3, 0.4) is 0 Å². The number of halogens is 1. The van der Waals surface area contributed by atoms with Crippen LogP contribution in [0.1, 0.15) is 20.8 Å². The second kappa shape index (κ2) is 7.58. The van der Waals surface area contributed by atoms with Gasteiger partial charge in [-0.15, -0.1) is 0 Å². The zero-order valence-corrected chi connectivity index (χ0v) is 13.7. The van der Waals surface area contributed by atoms with Crippen LogP contribution < -0.4 is 10.2 Å². The Morgan fingerprint density at radius 2 is 1.73 bits per heavy atom. The Balaban J connectivity index is 1.83. The van der Waals surface area contributed by atoms with E-state index in [1.54, 1.807) is 0 Å². The predicted octanol–water partition coefficient (Wildman–Crippen LogP) is 2.11. The topological polar surface area (TPSA) is 35.6 Å².